The van der Waals surface area contributed by atoms with Crippen LogP contribution in [0.15, 0.2) is 288 Å². The third-order valence-corrected chi connectivity index (χ3v) is 24.8. The molecule has 0 radical (unpaired) electrons. The lowest BCUT2D eigenvalue weighted by Crippen LogP contribution is -2.47. The smallest absolute Gasteiger partial charge is 0.325 e. The van der Waals surface area contributed by atoms with Crippen LogP contribution in [0.3, 0.4) is 0 Å². The molecule has 672 valence electrons. The maximum absolute atomic E-state index is 14.0. The molecule has 8 rings (SSSR count). The number of nitrogens with zero attached hydrogens (tertiary/aromatic N) is 4. The van der Waals surface area contributed by atoms with Gasteiger partial charge in [-0.3, -0.25) is 19.2 Å². The lowest BCUT2D eigenvalue weighted by molar-refractivity contribution is -0.160. The Labute approximate surface area is 727 Å². The van der Waals surface area contributed by atoms with Gasteiger partial charge in [0.05, 0.1) is 69.3 Å². The van der Waals surface area contributed by atoms with Crippen molar-refractivity contribution in [1.29, 1.82) is 0 Å². The van der Waals surface area contributed by atoms with Gasteiger partial charge in [0.25, 0.3) is 0 Å². The topological polar surface area (TPSA) is 314 Å². The molecule has 4 atom stereocenters. The van der Waals surface area contributed by atoms with Crippen LogP contribution in [0.4, 0.5) is 17.6 Å². The minimum atomic E-state index is -4.24. The van der Waals surface area contributed by atoms with Gasteiger partial charge in [-0.2, -0.15) is 17.2 Å². The van der Waals surface area contributed by atoms with Crippen molar-refractivity contribution in [2.45, 2.75) is 202 Å². The van der Waals surface area contributed by atoms with Gasteiger partial charge in [0.1, 0.15) is 58.4 Å². The second-order valence-corrected chi connectivity index (χ2v) is 37.7. The number of ether oxygens (including phenoxy) is 6. The predicted octanol–water partition coefficient (Wildman–Crippen LogP) is 18.5. The SMILES string of the molecule is C=C(F)C[C@@H](C(=O)O)N(Cc1ccccc1)S(=O)(=O)c1ccc(OCCC)cc1.C=C(F)C[C@@H](C(=O)OC(C)(C)C)N(Cc1ccccc1)S(=O)(=O)c1ccc(OCCC)cc1.C=C(F)C[C@H](C(=O)O)N(Cc1ccccc1)S(=O)(=O)c1ccc(OCCC)cc1.C=C(F)C[C@H](C(=O)OC(C)(C)C)N(Cc1ccccc1)S(=O)(=O)c1ccc(OCCC)cc1. The molecule has 24 nitrogen and oxygen atoms in total. The summed E-state index contributed by atoms with van der Waals surface area (Å²) < 4.78 is 199. The first-order chi connectivity index (χ1) is 58.4. The van der Waals surface area contributed by atoms with Crippen LogP contribution >= 0.6 is 0 Å². The fourth-order valence-corrected chi connectivity index (χ4v) is 17.8. The number of benzene rings is 8. The van der Waals surface area contributed by atoms with Crippen molar-refractivity contribution in [3.63, 3.8) is 0 Å². The molecule has 0 unspecified atom stereocenters. The largest absolute Gasteiger partial charge is 0.494 e. The first-order valence-corrected chi connectivity index (χ1v) is 45.5. The highest BCUT2D eigenvalue weighted by Gasteiger charge is 2.43. The number of hydrogen-bond acceptors (Lipinski definition) is 18. The zero-order valence-electron chi connectivity index (χ0n) is 71.4. The molecule has 8 aromatic rings. The van der Waals surface area contributed by atoms with Gasteiger partial charge in [0.15, 0.2) is 0 Å². The fourth-order valence-electron chi connectivity index (χ4n) is 11.6. The summed E-state index contributed by atoms with van der Waals surface area (Å²) >= 11 is 0. The van der Waals surface area contributed by atoms with E-state index in [1.54, 1.807) is 187 Å². The Morgan fingerprint density at radius 1 is 0.315 bits per heavy atom. The molecule has 0 fully saturated rings. The Morgan fingerprint density at radius 2 is 0.492 bits per heavy atom. The quantitative estimate of drug-likeness (QED) is 0.0265. The third kappa shape index (κ3) is 34.0. The van der Waals surface area contributed by atoms with E-state index in [0.29, 0.717) is 71.7 Å². The normalized spacial score (nSPS) is 12.7. The summed E-state index contributed by atoms with van der Waals surface area (Å²) in [4.78, 5) is 49.3. The molecule has 2 N–H and O–H groups in total. The van der Waals surface area contributed by atoms with Crippen LogP contribution in [0, 0.1) is 0 Å². The molecule has 124 heavy (non-hydrogen) atoms. The molecule has 0 aliphatic carbocycles. The van der Waals surface area contributed by atoms with Crippen molar-refractivity contribution in [2.75, 3.05) is 26.4 Å². The summed E-state index contributed by atoms with van der Waals surface area (Å²) in [6.07, 6.45) is 0.928. The summed E-state index contributed by atoms with van der Waals surface area (Å²) in [6.45, 7) is 31.8. The standard InChI is InChI=1S/2C25H32FNO5S.2C21H24FNO5S/c2*1-6-16-31-21-12-14-22(15-13-21)33(29,30)27(18-20-10-8-7-9-11-20)23(17-19(2)26)24(28)32-25(3,4)5;2*1-3-13-28-18-9-11-19(12-10-18)29(26,27)23(15-17-7-5-4-6-8-17)20(21(24)25)14-16(2)22/h2*7-15,23H,2,6,16-18H2,1,3-5H3;2*4-12,20H,2-3,13-15H2,1H3,(H,24,25)/t2*23-;2*20-/m1010/s1. The first kappa shape index (κ1) is 104. The van der Waals surface area contributed by atoms with Crippen molar-refractivity contribution >= 4 is 64.0 Å². The van der Waals surface area contributed by atoms with Crippen molar-refractivity contribution in [1.82, 2.24) is 17.2 Å². The number of esters is 2. The van der Waals surface area contributed by atoms with Gasteiger partial charge in [-0.15, -0.1) is 0 Å². The van der Waals surface area contributed by atoms with Crippen LogP contribution in [0.1, 0.15) is 143 Å². The number of rotatable bonds is 44. The average Bonchev–Trinajstić information content (AvgIpc) is 0.795. The molecule has 8 aromatic carbocycles. The summed E-state index contributed by atoms with van der Waals surface area (Å²) in [5.74, 6) is -5.96. The summed E-state index contributed by atoms with van der Waals surface area (Å²) in [7, 11) is -16.9. The minimum absolute atomic E-state index is 0.0414. The number of sulfonamides is 4. The molecule has 0 aliphatic rings. The van der Waals surface area contributed by atoms with Crippen LogP contribution < -0.4 is 18.9 Å². The second-order valence-electron chi connectivity index (χ2n) is 30.1. The van der Waals surface area contributed by atoms with Crippen LogP contribution in [-0.4, -0.2) is 147 Å². The number of aliphatic carboxylic acids is 2. The summed E-state index contributed by atoms with van der Waals surface area (Å²) in [5, 5.41) is 19.2. The maximum atomic E-state index is 14.0. The molecule has 0 saturated heterocycles. The van der Waals surface area contributed by atoms with Crippen LogP contribution in [0.25, 0.3) is 0 Å². The summed E-state index contributed by atoms with van der Waals surface area (Å²) in [6, 6.07) is 51.8. The lowest BCUT2D eigenvalue weighted by Gasteiger charge is -2.31. The van der Waals surface area contributed by atoms with E-state index in [1.165, 1.54) is 72.8 Å². The van der Waals surface area contributed by atoms with Gasteiger partial charge < -0.3 is 38.6 Å². The van der Waals surface area contributed by atoms with E-state index >= 15 is 0 Å². The highest BCUT2D eigenvalue weighted by atomic mass is 32.2. The van der Waals surface area contributed by atoms with E-state index in [1.807, 2.05) is 27.7 Å². The third-order valence-electron chi connectivity index (χ3n) is 17.3. The van der Waals surface area contributed by atoms with Gasteiger partial charge in [0.2, 0.25) is 40.1 Å². The Balaban J connectivity index is 0.000000294. The molecule has 0 aliphatic heterocycles. The van der Waals surface area contributed by atoms with E-state index in [4.69, 9.17) is 28.4 Å². The van der Waals surface area contributed by atoms with Gasteiger partial charge in [-0.05, 0) is 187 Å². The predicted molar refractivity (Wildman–Crippen MR) is 467 cm³/mol. The molecule has 0 bridgehead atoms. The fraction of sp³-hybridized carbons (Fsp3) is 0.348. The Bertz CT molecular complexity index is 4900. The van der Waals surface area contributed by atoms with Crippen LogP contribution in [0.2, 0.25) is 0 Å². The second kappa shape index (κ2) is 49.6. The molecule has 32 heteroatoms. The zero-order valence-corrected chi connectivity index (χ0v) is 74.7. The number of carbonyl (C=O) groups excluding carboxylic acids is 2. The number of carbonyl (C=O) groups is 4. The number of halogens is 4. The van der Waals surface area contributed by atoms with Crippen molar-refractivity contribution in [3.8, 4) is 23.0 Å². The van der Waals surface area contributed by atoms with E-state index in [9.17, 15) is 80.6 Å². The number of carboxylic acids is 2. The molecule has 0 heterocycles. The van der Waals surface area contributed by atoms with Gasteiger partial charge in [0, 0.05) is 51.9 Å². The van der Waals surface area contributed by atoms with Gasteiger partial charge >= 0.3 is 23.9 Å². The Kier molecular flexibility index (Phi) is 41.5. The zero-order chi connectivity index (χ0) is 92.2. The maximum Gasteiger partial charge on any atom is 0.325 e. The molecule has 0 saturated carbocycles. The lowest BCUT2D eigenvalue weighted by atomic mass is 10.1. The summed E-state index contributed by atoms with van der Waals surface area (Å²) in [5.41, 5.74) is 0.675. The molecular formula is C92H112F4N4O20S4. The first-order valence-electron chi connectivity index (χ1n) is 39.8. The van der Waals surface area contributed by atoms with E-state index in [2.05, 4.69) is 26.3 Å². The highest BCUT2D eigenvalue weighted by molar-refractivity contribution is 7.90. The van der Waals surface area contributed by atoms with Gasteiger partial charge in [-0.25, -0.2) is 51.2 Å². The van der Waals surface area contributed by atoms with Crippen molar-refractivity contribution in [2.24, 2.45) is 0 Å². The number of hydrogen-bond donors (Lipinski definition) is 2. The molecular weight excluding hydrogens is 1690 g/mol. The molecule has 0 amide bonds. The van der Waals surface area contributed by atoms with Crippen molar-refractivity contribution < 1.29 is 109 Å². The van der Waals surface area contributed by atoms with E-state index in [0.717, 1.165) is 42.9 Å². The molecule has 0 spiro atoms. The Morgan fingerprint density at radius 3 is 0.653 bits per heavy atom. The van der Waals surface area contributed by atoms with Crippen molar-refractivity contribution in [3.05, 3.63) is 290 Å². The average molecular weight is 1800 g/mol. The van der Waals surface area contributed by atoms with Gasteiger partial charge in [-0.1, -0.05) is 175 Å². The molecule has 0 aromatic heterocycles. The Hall–Kier alpha value is -10.8. The van der Waals surface area contributed by atoms with Crippen LogP contribution in [0.5, 0.6) is 23.0 Å². The highest BCUT2D eigenvalue weighted by Crippen LogP contribution is 2.34. The monoisotopic (exact) mass is 1800 g/mol. The number of carboxylic acid groups (broad SMARTS) is 2. The van der Waals surface area contributed by atoms with E-state index < -0.39 is 148 Å². The minimum Gasteiger partial charge on any atom is -0.494 e. The van der Waals surface area contributed by atoms with Crippen LogP contribution in [-0.2, 0) is 94.9 Å². The van der Waals surface area contributed by atoms with E-state index in [-0.39, 0.29) is 45.8 Å².